The molecule has 1 aromatic carbocycles. The molecule has 0 bridgehead atoms. The van der Waals surface area contributed by atoms with Crippen molar-refractivity contribution in [3.8, 4) is 5.75 Å². The molecule has 1 N–H and O–H groups in total. The van der Waals surface area contributed by atoms with E-state index in [2.05, 4.69) is 0 Å². The molecule has 0 unspecified atom stereocenters. The average molecular weight is 275 g/mol. The van der Waals surface area contributed by atoms with Crippen LogP contribution in [0.2, 0.25) is 0 Å². The monoisotopic (exact) mass is 275 g/mol. The zero-order valence-corrected chi connectivity index (χ0v) is 11.5. The van der Waals surface area contributed by atoms with Gasteiger partial charge in [-0.3, -0.25) is 4.79 Å². The quantitative estimate of drug-likeness (QED) is 0.910. The second kappa shape index (κ2) is 5.77. The second-order valence-corrected chi connectivity index (χ2v) is 4.48. The van der Waals surface area contributed by atoms with Crippen molar-refractivity contribution in [3.05, 3.63) is 40.2 Å². The molecule has 106 valence electrons. The molecule has 1 heterocycles. The summed E-state index contributed by atoms with van der Waals surface area (Å²) < 4.78 is 7.18. The molecule has 0 amide bonds. The maximum absolute atomic E-state index is 12.2. The van der Waals surface area contributed by atoms with Gasteiger partial charge in [-0.25, -0.2) is 4.79 Å². The second-order valence-electron chi connectivity index (χ2n) is 4.48. The highest BCUT2D eigenvalue weighted by Crippen LogP contribution is 2.19. The molecule has 0 atom stereocenters. The Labute approximate surface area is 116 Å². The van der Waals surface area contributed by atoms with E-state index < -0.39 is 11.4 Å². The lowest BCUT2D eigenvalue weighted by Gasteiger charge is -2.12. The molecule has 0 saturated carbocycles. The molecular formula is C15H17NO4. The van der Waals surface area contributed by atoms with Gasteiger partial charge in [0, 0.05) is 12.7 Å². The van der Waals surface area contributed by atoms with Crippen LogP contribution in [0.3, 0.4) is 0 Å². The molecule has 5 nitrogen and oxygen atoms in total. The SMILES string of the molecule is CCCn1cc(C(=O)O)c(=O)c2cc(OCC)ccc21. The third-order valence-corrected chi connectivity index (χ3v) is 3.06. The van der Waals surface area contributed by atoms with Gasteiger partial charge in [-0.15, -0.1) is 0 Å². The van der Waals surface area contributed by atoms with Crippen LogP contribution in [0, 0.1) is 0 Å². The van der Waals surface area contributed by atoms with Crippen molar-refractivity contribution in [2.75, 3.05) is 6.61 Å². The molecule has 0 aliphatic carbocycles. The molecule has 1 aromatic heterocycles. The molecule has 0 aliphatic heterocycles. The summed E-state index contributed by atoms with van der Waals surface area (Å²) in [5, 5.41) is 9.52. The third-order valence-electron chi connectivity index (χ3n) is 3.06. The Hall–Kier alpha value is -2.30. The molecule has 0 saturated heterocycles. The minimum atomic E-state index is -1.21. The van der Waals surface area contributed by atoms with Gasteiger partial charge < -0.3 is 14.4 Å². The number of carboxylic acid groups (broad SMARTS) is 1. The molecule has 0 fully saturated rings. The predicted octanol–water partition coefficient (Wildman–Crippen LogP) is 2.51. The summed E-state index contributed by atoms with van der Waals surface area (Å²) in [6.07, 6.45) is 2.26. The van der Waals surface area contributed by atoms with E-state index in [1.807, 2.05) is 13.8 Å². The average Bonchev–Trinajstić information content (AvgIpc) is 2.42. The largest absolute Gasteiger partial charge is 0.494 e. The summed E-state index contributed by atoms with van der Waals surface area (Å²) in [6, 6.07) is 5.20. The molecule has 0 spiro atoms. The number of nitrogens with zero attached hydrogens (tertiary/aromatic N) is 1. The molecule has 20 heavy (non-hydrogen) atoms. The maximum Gasteiger partial charge on any atom is 0.341 e. The number of hydrogen-bond donors (Lipinski definition) is 1. The van der Waals surface area contributed by atoms with E-state index >= 15 is 0 Å². The Morgan fingerprint density at radius 1 is 1.35 bits per heavy atom. The number of aromatic nitrogens is 1. The summed E-state index contributed by atoms with van der Waals surface area (Å²) in [5.41, 5.74) is 0.0475. The van der Waals surface area contributed by atoms with Crippen LogP contribution in [-0.2, 0) is 6.54 Å². The standard InChI is InChI=1S/C15H17NO4/c1-3-7-16-9-12(15(18)19)14(17)11-8-10(20-4-2)5-6-13(11)16/h5-6,8-9H,3-4,7H2,1-2H3,(H,18,19). The third kappa shape index (κ3) is 2.52. The molecule has 0 aliphatic rings. The normalized spacial score (nSPS) is 10.7. The highest BCUT2D eigenvalue weighted by Gasteiger charge is 2.14. The number of benzene rings is 1. The number of rotatable bonds is 5. The van der Waals surface area contributed by atoms with E-state index in [0.29, 0.717) is 24.3 Å². The van der Waals surface area contributed by atoms with Crippen molar-refractivity contribution < 1.29 is 14.6 Å². The number of carbonyl (C=O) groups is 1. The number of pyridine rings is 1. The number of aryl methyl sites for hydroxylation is 1. The topological polar surface area (TPSA) is 68.5 Å². The fourth-order valence-corrected chi connectivity index (χ4v) is 2.21. The summed E-state index contributed by atoms with van der Waals surface area (Å²) in [5.74, 6) is -0.633. The molecular weight excluding hydrogens is 258 g/mol. The van der Waals surface area contributed by atoms with Gasteiger partial charge >= 0.3 is 5.97 Å². The molecule has 5 heteroatoms. The van der Waals surface area contributed by atoms with Crippen molar-refractivity contribution in [2.24, 2.45) is 0 Å². The van der Waals surface area contributed by atoms with Crippen molar-refractivity contribution in [1.82, 2.24) is 4.57 Å². The van der Waals surface area contributed by atoms with E-state index in [1.165, 1.54) is 6.20 Å². The van der Waals surface area contributed by atoms with Crippen LogP contribution in [0.1, 0.15) is 30.6 Å². The van der Waals surface area contributed by atoms with Crippen molar-refractivity contribution in [2.45, 2.75) is 26.8 Å². The van der Waals surface area contributed by atoms with Gasteiger partial charge in [-0.05, 0) is 31.5 Å². The number of aromatic carboxylic acids is 1. The fraction of sp³-hybridized carbons (Fsp3) is 0.333. The Kier molecular flexibility index (Phi) is 4.08. The number of ether oxygens (including phenoxy) is 1. The first-order valence-electron chi connectivity index (χ1n) is 6.61. The van der Waals surface area contributed by atoms with Crippen molar-refractivity contribution in [1.29, 1.82) is 0 Å². The Morgan fingerprint density at radius 3 is 2.70 bits per heavy atom. The van der Waals surface area contributed by atoms with Gasteiger partial charge in [-0.1, -0.05) is 6.92 Å². The van der Waals surface area contributed by atoms with Crippen LogP contribution < -0.4 is 10.2 Å². The van der Waals surface area contributed by atoms with E-state index in [-0.39, 0.29) is 5.56 Å². The Bertz CT molecular complexity index is 703. The van der Waals surface area contributed by atoms with Gasteiger partial charge in [-0.2, -0.15) is 0 Å². The number of hydrogen-bond acceptors (Lipinski definition) is 3. The lowest BCUT2D eigenvalue weighted by molar-refractivity contribution is 0.0695. The minimum Gasteiger partial charge on any atom is -0.494 e. The summed E-state index contributed by atoms with van der Waals surface area (Å²) in [7, 11) is 0. The van der Waals surface area contributed by atoms with Crippen LogP contribution in [0.25, 0.3) is 10.9 Å². The Balaban J connectivity index is 2.76. The van der Waals surface area contributed by atoms with Crippen LogP contribution in [0.15, 0.2) is 29.2 Å². The van der Waals surface area contributed by atoms with Crippen LogP contribution in [-0.4, -0.2) is 22.2 Å². The van der Waals surface area contributed by atoms with Crippen molar-refractivity contribution in [3.63, 3.8) is 0 Å². The van der Waals surface area contributed by atoms with Crippen LogP contribution >= 0.6 is 0 Å². The minimum absolute atomic E-state index is 0.209. The predicted molar refractivity (Wildman–Crippen MR) is 76.6 cm³/mol. The zero-order chi connectivity index (χ0) is 14.7. The highest BCUT2D eigenvalue weighted by molar-refractivity contribution is 5.92. The molecule has 2 rings (SSSR count). The first-order chi connectivity index (χ1) is 9.58. The zero-order valence-electron chi connectivity index (χ0n) is 11.5. The van der Waals surface area contributed by atoms with E-state index in [9.17, 15) is 9.59 Å². The lowest BCUT2D eigenvalue weighted by atomic mass is 10.1. The van der Waals surface area contributed by atoms with E-state index in [4.69, 9.17) is 9.84 Å². The smallest absolute Gasteiger partial charge is 0.341 e. The first-order valence-corrected chi connectivity index (χ1v) is 6.61. The van der Waals surface area contributed by atoms with E-state index in [0.717, 1.165) is 11.9 Å². The highest BCUT2D eigenvalue weighted by atomic mass is 16.5. The van der Waals surface area contributed by atoms with E-state index in [1.54, 1.807) is 22.8 Å². The molecule has 2 aromatic rings. The maximum atomic E-state index is 12.2. The fourth-order valence-electron chi connectivity index (χ4n) is 2.21. The lowest BCUT2D eigenvalue weighted by Crippen LogP contribution is -2.19. The Morgan fingerprint density at radius 2 is 2.10 bits per heavy atom. The van der Waals surface area contributed by atoms with Gasteiger partial charge in [0.25, 0.3) is 0 Å². The van der Waals surface area contributed by atoms with Crippen LogP contribution in [0.5, 0.6) is 5.75 Å². The van der Waals surface area contributed by atoms with Gasteiger partial charge in [0.15, 0.2) is 0 Å². The van der Waals surface area contributed by atoms with Gasteiger partial charge in [0.1, 0.15) is 11.3 Å². The summed E-state index contributed by atoms with van der Waals surface area (Å²) in [6.45, 7) is 5.00. The van der Waals surface area contributed by atoms with Crippen LogP contribution in [0.4, 0.5) is 0 Å². The van der Waals surface area contributed by atoms with Gasteiger partial charge in [0.05, 0.1) is 17.5 Å². The number of carboxylic acids is 1. The summed E-state index contributed by atoms with van der Waals surface area (Å²) in [4.78, 5) is 23.4. The van der Waals surface area contributed by atoms with Crippen molar-refractivity contribution >= 4 is 16.9 Å². The van der Waals surface area contributed by atoms with Gasteiger partial charge in [0.2, 0.25) is 5.43 Å². The molecule has 0 radical (unpaired) electrons. The summed E-state index contributed by atoms with van der Waals surface area (Å²) >= 11 is 0. The first kappa shape index (κ1) is 14.1. The number of fused-ring (bicyclic) bond motifs is 1.